The van der Waals surface area contributed by atoms with E-state index in [4.69, 9.17) is 11.6 Å². The van der Waals surface area contributed by atoms with Crippen molar-refractivity contribution in [2.24, 2.45) is 0 Å². The van der Waals surface area contributed by atoms with Crippen molar-refractivity contribution < 1.29 is 9.90 Å². The van der Waals surface area contributed by atoms with E-state index in [1.54, 1.807) is 24.3 Å². The molecule has 0 aliphatic heterocycles. The van der Waals surface area contributed by atoms with Crippen molar-refractivity contribution in [3.63, 3.8) is 0 Å². The Kier molecular flexibility index (Phi) is 3.82. The van der Waals surface area contributed by atoms with Gasteiger partial charge in [0.05, 0.1) is 16.8 Å². The normalized spacial score (nSPS) is 10.8. The van der Waals surface area contributed by atoms with Crippen LogP contribution in [0.5, 0.6) is 0 Å². The largest absolute Gasteiger partial charge is 0.478 e. The molecule has 0 atom stereocenters. The zero-order valence-electron chi connectivity index (χ0n) is 12.0. The second-order valence-electron chi connectivity index (χ2n) is 5.03. The highest BCUT2D eigenvalue weighted by atomic mass is 35.5. The van der Waals surface area contributed by atoms with Crippen LogP contribution in [0.4, 0.5) is 0 Å². The van der Waals surface area contributed by atoms with Gasteiger partial charge >= 0.3 is 5.97 Å². The summed E-state index contributed by atoms with van der Waals surface area (Å²) >= 11 is 5.91. The molecule has 0 bridgehead atoms. The average molecular weight is 312 g/mol. The Balaban J connectivity index is 2.32. The van der Waals surface area contributed by atoms with Gasteiger partial charge in [0.1, 0.15) is 0 Å². The maximum atomic E-state index is 11.6. The van der Waals surface area contributed by atoms with Crippen molar-refractivity contribution in [3.05, 3.63) is 64.7 Å². The summed E-state index contributed by atoms with van der Waals surface area (Å²) < 4.78 is 0. The van der Waals surface area contributed by atoms with Gasteiger partial charge in [-0.15, -0.1) is 0 Å². The molecule has 0 radical (unpaired) electrons. The number of carboxylic acid groups (broad SMARTS) is 1. The number of carboxylic acids is 1. The maximum absolute atomic E-state index is 11.6. The quantitative estimate of drug-likeness (QED) is 0.754. The van der Waals surface area contributed by atoms with Crippen LogP contribution in [-0.2, 0) is 6.42 Å². The van der Waals surface area contributed by atoms with Gasteiger partial charge in [-0.05, 0) is 30.2 Å². The molecule has 2 aromatic carbocycles. The standard InChI is InChI=1S/C18H14ClNO2/c1-2-11-4-3-5-14-15(18(21)22)10-16(20-17(11)14)12-6-8-13(19)9-7-12/h3-10H,2H2,1H3,(H,21,22). The highest BCUT2D eigenvalue weighted by Crippen LogP contribution is 2.28. The summed E-state index contributed by atoms with van der Waals surface area (Å²) in [5.41, 5.74) is 3.54. The first-order valence-electron chi connectivity index (χ1n) is 7.02. The molecule has 3 rings (SSSR count). The molecule has 0 spiro atoms. The Bertz CT molecular complexity index is 857. The van der Waals surface area contributed by atoms with Crippen LogP contribution < -0.4 is 0 Å². The number of halogens is 1. The van der Waals surface area contributed by atoms with Crippen LogP contribution >= 0.6 is 11.6 Å². The summed E-state index contributed by atoms with van der Waals surface area (Å²) in [7, 11) is 0. The van der Waals surface area contributed by atoms with E-state index in [1.165, 1.54) is 0 Å². The van der Waals surface area contributed by atoms with E-state index < -0.39 is 5.97 Å². The number of para-hydroxylation sites is 1. The Labute approximate surface area is 133 Å². The highest BCUT2D eigenvalue weighted by Gasteiger charge is 2.14. The summed E-state index contributed by atoms with van der Waals surface area (Å²) in [6.45, 7) is 2.03. The maximum Gasteiger partial charge on any atom is 0.336 e. The minimum atomic E-state index is -0.948. The van der Waals surface area contributed by atoms with Crippen LogP contribution in [0, 0.1) is 0 Å². The van der Waals surface area contributed by atoms with Crippen LogP contribution in [0.3, 0.4) is 0 Å². The average Bonchev–Trinajstić information content (AvgIpc) is 2.53. The summed E-state index contributed by atoms with van der Waals surface area (Å²) in [5, 5.41) is 10.8. The smallest absolute Gasteiger partial charge is 0.336 e. The van der Waals surface area contributed by atoms with Gasteiger partial charge < -0.3 is 5.11 Å². The zero-order chi connectivity index (χ0) is 15.7. The number of carbonyl (C=O) groups is 1. The van der Waals surface area contributed by atoms with Crippen LogP contribution in [0.15, 0.2) is 48.5 Å². The monoisotopic (exact) mass is 311 g/mol. The van der Waals surface area contributed by atoms with Crippen molar-refractivity contribution in [3.8, 4) is 11.3 Å². The van der Waals surface area contributed by atoms with Crippen molar-refractivity contribution in [1.82, 2.24) is 4.98 Å². The fourth-order valence-electron chi connectivity index (χ4n) is 2.54. The Hall–Kier alpha value is -2.39. The summed E-state index contributed by atoms with van der Waals surface area (Å²) in [6.07, 6.45) is 0.799. The molecule has 3 aromatic rings. The van der Waals surface area contributed by atoms with E-state index in [0.29, 0.717) is 16.1 Å². The van der Waals surface area contributed by atoms with Crippen molar-refractivity contribution >= 4 is 28.5 Å². The van der Waals surface area contributed by atoms with Gasteiger partial charge in [0.15, 0.2) is 0 Å². The van der Waals surface area contributed by atoms with Crippen molar-refractivity contribution in [1.29, 1.82) is 0 Å². The second kappa shape index (κ2) is 5.78. The first kappa shape index (κ1) is 14.5. The third kappa shape index (κ3) is 2.55. The topological polar surface area (TPSA) is 50.2 Å². The Morgan fingerprint density at radius 2 is 1.91 bits per heavy atom. The van der Waals surface area contributed by atoms with Crippen molar-refractivity contribution in [2.45, 2.75) is 13.3 Å². The molecule has 0 aliphatic rings. The van der Waals surface area contributed by atoms with E-state index in [-0.39, 0.29) is 5.56 Å². The molecule has 0 fully saturated rings. The molecule has 1 heterocycles. The molecule has 0 saturated carbocycles. The predicted molar refractivity (Wildman–Crippen MR) is 88.5 cm³/mol. The van der Waals surface area contributed by atoms with Crippen LogP contribution in [0.1, 0.15) is 22.8 Å². The van der Waals surface area contributed by atoms with Gasteiger partial charge in [-0.25, -0.2) is 9.78 Å². The second-order valence-corrected chi connectivity index (χ2v) is 5.47. The number of hydrogen-bond acceptors (Lipinski definition) is 2. The van der Waals surface area contributed by atoms with Gasteiger partial charge in [-0.1, -0.05) is 48.9 Å². The minimum Gasteiger partial charge on any atom is -0.478 e. The number of aromatic carboxylic acids is 1. The molecule has 0 aliphatic carbocycles. The Morgan fingerprint density at radius 3 is 2.55 bits per heavy atom. The lowest BCUT2D eigenvalue weighted by Gasteiger charge is -2.10. The van der Waals surface area contributed by atoms with Crippen LogP contribution in [-0.4, -0.2) is 16.1 Å². The van der Waals surface area contributed by atoms with Gasteiger partial charge in [-0.2, -0.15) is 0 Å². The fourth-order valence-corrected chi connectivity index (χ4v) is 2.66. The lowest BCUT2D eigenvalue weighted by atomic mass is 10.0. The summed E-state index contributed by atoms with van der Waals surface area (Å²) in [5.74, 6) is -0.948. The SMILES string of the molecule is CCc1cccc2c(C(=O)O)cc(-c3ccc(Cl)cc3)nc12. The number of pyridine rings is 1. The van der Waals surface area contributed by atoms with E-state index >= 15 is 0 Å². The molecule has 3 nitrogen and oxygen atoms in total. The molecule has 1 N–H and O–H groups in total. The van der Waals surface area contributed by atoms with Crippen molar-refractivity contribution in [2.75, 3.05) is 0 Å². The van der Waals surface area contributed by atoms with E-state index in [2.05, 4.69) is 4.98 Å². The van der Waals surface area contributed by atoms with E-state index in [1.807, 2.05) is 31.2 Å². The number of fused-ring (bicyclic) bond motifs is 1. The van der Waals surface area contributed by atoms with E-state index in [9.17, 15) is 9.90 Å². The molecule has 4 heteroatoms. The van der Waals surface area contributed by atoms with E-state index in [0.717, 1.165) is 23.1 Å². The molecule has 0 amide bonds. The fraction of sp³-hybridized carbons (Fsp3) is 0.111. The number of nitrogens with zero attached hydrogens (tertiary/aromatic N) is 1. The van der Waals surface area contributed by atoms with Crippen LogP contribution in [0.2, 0.25) is 5.02 Å². The number of aromatic nitrogens is 1. The molecule has 1 aromatic heterocycles. The third-order valence-electron chi connectivity index (χ3n) is 3.67. The molecular formula is C18H14ClNO2. The number of hydrogen-bond donors (Lipinski definition) is 1. The number of rotatable bonds is 3. The minimum absolute atomic E-state index is 0.269. The molecule has 0 unspecified atom stereocenters. The van der Waals surface area contributed by atoms with Gasteiger partial charge in [0.25, 0.3) is 0 Å². The van der Waals surface area contributed by atoms with Gasteiger partial charge in [-0.3, -0.25) is 0 Å². The number of benzene rings is 2. The molecule has 110 valence electrons. The summed E-state index contributed by atoms with van der Waals surface area (Å²) in [6, 6.07) is 14.5. The molecule has 22 heavy (non-hydrogen) atoms. The lowest BCUT2D eigenvalue weighted by molar-refractivity contribution is 0.0699. The first-order chi connectivity index (χ1) is 10.6. The summed E-state index contributed by atoms with van der Waals surface area (Å²) in [4.78, 5) is 16.3. The Morgan fingerprint density at radius 1 is 1.18 bits per heavy atom. The van der Waals surface area contributed by atoms with Crippen LogP contribution in [0.25, 0.3) is 22.2 Å². The lowest BCUT2D eigenvalue weighted by Crippen LogP contribution is -2.01. The van der Waals surface area contributed by atoms with Gasteiger partial charge in [0, 0.05) is 16.0 Å². The predicted octanol–water partition coefficient (Wildman–Crippen LogP) is 4.82. The number of aryl methyl sites for hydroxylation is 1. The highest BCUT2D eigenvalue weighted by molar-refractivity contribution is 6.30. The first-order valence-corrected chi connectivity index (χ1v) is 7.40. The molecule has 0 saturated heterocycles. The zero-order valence-corrected chi connectivity index (χ0v) is 12.8. The third-order valence-corrected chi connectivity index (χ3v) is 3.93. The van der Waals surface area contributed by atoms with Gasteiger partial charge in [0.2, 0.25) is 0 Å². The molecular weight excluding hydrogens is 298 g/mol.